The van der Waals surface area contributed by atoms with Gasteiger partial charge in [0, 0.05) is 18.3 Å². The summed E-state index contributed by atoms with van der Waals surface area (Å²) in [6.45, 7) is 10.8. The fourth-order valence-electron chi connectivity index (χ4n) is 1.25. The molecule has 0 radical (unpaired) electrons. The molecule has 0 saturated carbocycles. The largest absolute Gasteiger partial charge is 0.321 e. The molecule has 0 unspecified atom stereocenters. The number of carbonyl (C=O) groups excluding carboxylic acids is 1. The Balaban J connectivity index is 4.26. The highest BCUT2D eigenvalue weighted by Gasteiger charge is 2.23. The molecule has 0 heterocycles. The van der Waals surface area contributed by atoms with Crippen LogP contribution in [0.25, 0.3) is 0 Å². The van der Waals surface area contributed by atoms with Gasteiger partial charge >= 0.3 is 6.03 Å². The van der Waals surface area contributed by atoms with Crippen molar-refractivity contribution >= 4 is 6.03 Å². The zero-order valence-electron chi connectivity index (χ0n) is 9.92. The number of hydrogen-bond donors (Lipinski definition) is 1. The van der Waals surface area contributed by atoms with Gasteiger partial charge in [-0.05, 0) is 34.1 Å². The van der Waals surface area contributed by atoms with Crippen LogP contribution in [0, 0.1) is 0 Å². The molecule has 0 aromatic heterocycles. The van der Waals surface area contributed by atoms with Gasteiger partial charge in [-0.2, -0.15) is 0 Å². The molecule has 0 rings (SSSR count). The van der Waals surface area contributed by atoms with Crippen molar-refractivity contribution < 1.29 is 4.79 Å². The second-order valence-corrected chi connectivity index (χ2v) is 4.18. The molecule has 0 spiro atoms. The van der Waals surface area contributed by atoms with Gasteiger partial charge in [-0.1, -0.05) is 13.0 Å². The normalized spacial score (nSPS) is 11.8. The van der Waals surface area contributed by atoms with Gasteiger partial charge in [0.2, 0.25) is 0 Å². The Morgan fingerprint density at radius 2 is 1.93 bits per heavy atom. The summed E-state index contributed by atoms with van der Waals surface area (Å²) in [5.41, 5.74) is -0.126. The van der Waals surface area contributed by atoms with E-state index in [0.29, 0.717) is 0 Å². The third-order valence-corrected chi connectivity index (χ3v) is 1.93. The minimum absolute atomic E-state index is 0.0373. The monoisotopic (exact) mass is 198 g/mol. The Morgan fingerprint density at radius 3 is 2.29 bits per heavy atom. The summed E-state index contributed by atoms with van der Waals surface area (Å²) in [4.78, 5) is 13.5. The summed E-state index contributed by atoms with van der Waals surface area (Å²) in [5.74, 6) is 0. The van der Waals surface area contributed by atoms with E-state index in [-0.39, 0.29) is 11.6 Å². The predicted octanol–water partition coefficient (Wildman–Crippen LogP) is 2.74. The molecule has 3 heteroatoms. The Kier molecular flexibility index (Phi) is 5.28. The van der Waals surface area contributed by atoms with Crippen molar-refractivity contribution in [2.75, 3.05) is 6.54 Å². The lowest BCUT2D eigenvalue weighted by molar-refractivity contribution is 0.153. The Bertz CT molecular complexity index is 204. The number of hydrogen-bond acceptors (Lipinski definition) is 1. The van der Waals surface area contributed by atoms with Crippen molar-refractivity contribution in [2.45, 2.75) is 46.6 Å². The van der Waals surface area contributed by atoms with Gasteiger partial charge in [-0.15, -0.1) is 0 Å². The fraction of sp³-hybridized carbons (Fsp3) is 0.727. The van der Waals surface area contributed by atoms with Crippen molar-refractivity contribution in [3.05, 3.63) is 12.3 Å². The van der Waals surface area contributed by atoms with Crippen molar-refractivity contribution in [2.24, 2.45) is 0 Å². The van der Waals surface area contributed by atoms with Crippen LogP contribution < -0.4 is 5.32 Å². The smallest absolute Gasteiger partial charge is 0.320 e. The zero-order chi connectivity index (χ0) is 11.2. The van der Waals surface area contributed by atoms with Gasteiger partial charge in [0.1, 0.15) is 0 Å². The van der Waals surface area contributed by atoms with Gasteiger partial charge in [0.25, 0.3) is 0 Å². The van der Waals surface area contributed by atoms with Crippen molar-refractivity contribution in [3.63, 3.8) is 0 Å². The van der Waals surface area contributed by atoms with Gasteiger partial charge in [0.05, 0.1) is 0 Å². The Labute approximate surface area is 87.2 Å². The lowest BCUT2D eigenvalue weighted by Crippen LogP contribution is -2.49. The van der Waals surface area contributed by atoms with Crippen molar-refractivity contribution in [3.8, 4) is 0 Å². The minimum atomic E-state index is -0.126. The highest BCUT2D eigenvalue weighted by atomic mass is 16.2. The molecule has 2 amide bonds. The average Bonchev–Trinajstić information content (AvgIpc) is 2.03. The summed E-state index contributed by atoms with van der Waals surface area (Å²) in [5, 5.41) is 2.75. The fourth-order valence-corrected chi connectivity index (χ4v) is 1.25. The molecule has 0 atom stereocenters. The van der Waals surface area contributed by atoms with E-state index in [4.69, 9.17) is 0 Å². The second-order valence-electron chi connectivity index (χ2n) is 4.18. The first-order valence-corrected chi connectivity index (χ1v) is 5.16. The SMILES string of the molecule is CC/C=C/NC(=O)N(CC)C(C)(C)C. The number of nitrogens with one attached hydrogen (secondary N) is 1. The van der Waals surface area contributed by atoms with Gasteiger partial charge < -0.3 is 10.2 Å². The first-order valence-electron chi connectivity index (χ1n) is 5.16. The summed E-state index contributed by atoms with van der Waals surface area (Å²) < 4.78 is 0. The van der Waals surface area contributed by atoms with E-state index in [1.54, 1.807) is 11.1 Å². The topological polar surface area (TPSA) is 32.3 Å². The maximum atomic E-state index is 11.7. The van der Waals surface area contributed by atoms with Crippen LogP contribution in [0.5, 0.6) is 0 Å². The molecule has 0 aliphatic carbocycles. The molecule has 0 aromatic rings. The molecule has 14 heavy (non-hydrogen) atoms. The van der Waals surface area contributed by atoms with Crippen molar-refractivity contribution in [1.82, 2.24) is 10.2 Å². The maximum absolute atomic E-state index is 11.7. The molecule has 0 fully saturated rings. The predicted molar refractivity (Wildman–Crippen MR) is 60.1 cm³/mol. The lowest BCUT2D eigenvalue weighted by Gasteiger charge is -2.34. The number of rotatable bonds is 3. The molecule has 0 aliphatic rings. The van der Waals surface area contributed by atoms with E-state index in [1.807, 2.05) is 40.7 Å². The summed E-state index contributed by atoms with van der Waals surface area (Å²) in [7, 11) is 0. The van der Waals surface area contributed by atoms with Crippen LogP contribution in [-0.2, 0) is 0 Å². The molecule has 82 valence electrons. The summed E-state index contributed by atoms with van der Waals surface area (Å²) in [6, 6.07) is -0.0373. The third kappa shape index (κ3) is 4.30. The lowest BCUT2D eigenvalue weighted by atomic mass is 10.1. The standard InChI is InChI=1S/C11H22N2O/c1-6-8-9-12-10(14)13(7-2)11(3,4)5/h8-9H,6-7H2,1-5H3,(H,12,14)/b9-8+. The highest BCUT2D eigenvalue weighted by molar-refractivity contribution is 5.75. The van der Waals surface area contributed by atoms with Crippen molar-refractivity contribution in [1.29, 1.82) is 0 Å². The molecule has 0 aliphatic heterocycles. The quantitative estimate of drug-likeness (QED) is 0.743. The van der Waals surface area contributed by atoms with Crippen LogP contribution in [0.2, 0.25) is 0 Å². The summed E-state index contributed by atoms with van der Waals surface area (Å²) in [6.07, 6.45) is 4.56. The number of amides is 2. The zero-order valence-corrected chi connectivity index (χ0v) is 9.92. The van der Waals surface area contributed by atoms with Crippen LogP contribution in [0.3, 0.4) is 0 Å². The minimum Gasteiger partial charge on any atom is -0.320 e. The van der Waals surface area contributed by atoms with Gasteiger partial charge in [-0.25, -0.2) is 4.79 Å². The Hall–Kier alpha value is -0.990. The van der Waals surface area contributed by atoms with E-state index < -0.39 is 0 Å². The second kappa shape index (κ2) is 5.68. The summed E-state index contributed by atoms with van der Waals surface area (Å²) >= 11 is 0. The molecular weight excluding hydrogens is 176 g/mol. The van der Waals surface area contributed by atoms with Crippen LogP contribution >= 0.6 is 0 Å². The molecular formula is C11H22N2O. The maximum Gasteiger partial charge on any atom is 0.321 e. The number of urea groups is 1. The molecule has 3 nitrogen and oxygen atoms in total. The van der Waals surface area contributed by atoms with E-state index in [0.717, 1.165) is 13.0 Å². The van der Waals surface area contributed by atoms with E-state index in [1.165, 1.54) is 0 Å². The van der Waals surface area contributed by atoms with E-state index in [2.05, 4.69) is 5.32 Å². The van der Waals surface area contributed by atoms with Crippen LogP contribution in [0.1, 0.15) is 41.0 Å². The first kappa shape index (κ1) is 13.0. The molecule has 0 aromatic carbocycles. The average molecular weight is 198 g/mol. The van der Waals surface area contributed by atoms with E-state index >= 15 is 0 Å². The van der Waals surface area contributed by atoms with Gasteiger partial charge in [-0.3, -0.25) is 0 Å². The van der Waals surface area contributed by atoms with E-state index in [9.17, 15) is 4.79 Å². The number of nitrogens with zero attached hydrogens (tertiary/aromatic N) is 1. The molecule has 0 bridgehead atoms. The molecule has 0 saturated heterocycles. The molecule has 1 N–H and O–H groups in total. The first-order chi connectivity index (χ1) is 6.43. The van der Waals surface area contributed by atoms with Crippen LogP contribution in [0.4, 0.5) is 4.79 Å². The Morgan fingerprint density at radius 1 is 1.36 bits per heavy atom. The third-order valence-electron chi connectivity index (χ3n) is 1.93. The van der Waals surface area contributed by atoms with Gasteiger partial charge in [0.15, 0.2) is 0 Å². The van der Waals surface area contributed by atoms with Crippen LogP contribution in [0.15, 0.2) is 12.3 Å². The number of allylic oxidation sites excluding steroid dienone is 1. The van der Waals surface area contributed by atoms with Crippen LogP contribution in [-0.4, -0.2) is 23.0 Å². The highest BCUT2D eigenvalue weighted by Crippen LogP contribution is 2.12. The number of carbonyl (C=O) groups is 1.